The molecule has 0 fully saturated rings. The first-order chi connectivity index (χ1) is 18.5. The monoisotopic (exact) mass is 532 g/mol. The topological polar surface area (TPSA) is 125 Å². The van der Waals surface area contributed by atoms with Gasteiger partial charge in [0.15, 0.2) is 0 Å². The fourth-order valence-corrected chi connectivity index (χ4v) is 4.07. The molecule has 0 bridgehead atoms. The summed E-state index contributed by atoms with van der Waals surface area (Å²) < 4.78 is 43.7. The lowest BCUT2D eigenvalue weighted by Crippen LogP contribution is -2.21. The zero-order valence-corrected chi connectivity index (χ0v) is 20.2. The van der Waals surface area contributed by atoms with Crippen molar-refractivity contribution in [2.24, 2.45) is 12.8 Å². The highest BCUT2D eigenvalue weighted by molar-refractivity contribution is 6.12. The van der Waals surface area contributed by atoms with Gasteiger partial charge < -0.3 is 11.1 Å². The number of hydrogen-bond acceptors (Lipinski definition) is 5. The van der Waals surface area contributed by atoms with E-state index in [0.29, 0.717) is 16.8 Å². The van der Waals surface area contributed by atoms with Crippen molar-refractivity contribution in [1.82, 2.24) is 19.3 Å². The third kappa shape index (κ3) is 4.99. The van der Waals surface area contributed by atoms with Crippen LogP contribution in [0.4, 0.5) is 18.9 Å². The van der Waals surface area contributed by atoms with Crippen LogP contribution in [0, 0.1) is 0 Å². The molecule has 196 valence electrons. The Balaban J connectivity index is 1.54. The van der Waals surface area contributed by atoms with Crippen LogP contribution in [0.3, 0.4) is 0 Å². The number of primary amides is 1. The van der Waals surface area contributed by atoms with Crippen molar-refractivity contribution in [2.75, 3.05) is 5.32 Å². The van der Waals surface area contributed by atoms with Gasteiger partial charge in [0.25, 0.3) is 5.91 Å². The molecule has 0 atom stereocenters. The van der Waals surface area contributed by atoms with E-state index >= 15 is 0 Å². The van der Waals surface area contributed by atoms with Gasteiger partial charge in [0.1, 0.15) is 17.7 Å². The first-order valence-corrected chi connectivity index (χ1v) is 11.5. The maximum absolute atomic E-state index is 13.7. The molecule has 39 heavy (non-hydrogen) atoms. The Bertz CT molecular complexity index is 1810. The molecule has 0 saturated heterocycles. The van der Waals surface area contributed by atoms with Crippen LogP contribution in [0.15, 0.2) is 83.9 Å². The number of pyridine rings is 1. The molecule has 12 heteroatoms. The number of carbonyl (C=O) groups excluding carboxylic acids is 2. The van der Waals surface area contributed by atoms with Gasteiger partial charge in [-0.1, -0.05) is 30.3 Å². The minimum Gasteiger partial charge on any atom is -0.366 e. The third-order valence-electron chi connectivity index (χ3n) is 6.04. The summed E-state index contributed by atoms with van der Waals surface area (Å²) in [6.07, 6.45) is -3.42. The van der Waals surface area contributed by atoms with E-state index in [0.717, 1.165) is 6.07 Å². The minimum atomic E-state index is -4.80. The van der Waals surface area contributed by atoms with Crippen LogP contribution < -0.4 is 16.7 Å². The SMILES string of the molecule is Cn1ncn(-c2ccc(-c3ccc4c(C(=O)Nc5cccc(C(N)=O)c5)nc(C(F)(F)F)cc4c3)cc2)c1=O. The van der Waals surface area contributed by atoms with Gasteiger partial charge in [-0.2, -0.15) is 18.3 Å². The number of nitrogens with two attached hydrogens (primary N) is 1. The van der Waals surface area contributed by atoms with E-state index in [4.69, 9.17) is 5.73 Å². The Morgan fingerprint density at radius 1 is 0.949 bits per heavy atom. The number of aryl methyl sites for hydroxylation is 1. The average Bonchev–Trinajstić information content (AvgIpc) is 3.25. The molecule has 5 aromatic rings. The lowest BCUT2D eigenvalue weighted by molar-refractivity contribution is -0.141. The quantitative estimate of drug-likeness (QED) is 0.352. The normalized spacial score (nSPS) is 11.5. The van der Waals surface area contributed by atoms with E-state index in [9.17, 15) is 27.6 Å². The highest BCUT2D eigenvalue weighted by Crippen LogP contribution is 2.33. The van der Waals surface area contributed by atoms with E-state index in [2.05, 4.69) is 15.4 Å². The first kappa shape index (κ1) is 25.4. The molecule has 2 aromatic heterocycles. The second-order valence-electron chi connectivity index (χ2n) is 8.64. The lowest BCUT2D eigenvalue weighted by Gasteiger charge is -2.13. The summed E-state index contributed by atoms with van der Waals surface area (Å²) in [5.74, 6) is -1.60. The largest absolute Gasteiger partial charge is 0.433 e. The third-order valence-corrected chi connectivity index (χ3v) is 6.04. The second-order valence-corrected chi connectivity index (χ2v) is 8.64. The number of hydrogen-bond donors (Lipinski definition) is 2. The Morgan fingerprint density at radius 3 is 2.31 bits per heavy atom. The number of benzene rings is 3. The number of amides is 2. The number of carbonyl (C=O) groups is 2. The number of nitrogens with zero attached hydrogens (tertiary/aromatic N) is 4. The number of alkyl halides is 3. The second kappa shape index (κ2) is 9.56. The summed E-state index contributed by atoms with van der Waals surface area (Å²) in [7, 11) is 1.53. The molecule has 2 heterocycles. The Labute approximate surface area is 218 Å². The van der Waals surface area contributed by atoms with Crippen LogP contribution in [0.1, 0.15) is 26.5 Å². The van der Waals surface area contributed by atoms with Crippen LogP contribution in [-0.2, 0) is 13.2 Å². The van der Waals surface area contributed by atoms with E-state index in [1.807, 2.05) is 0 Å². The van der Waals surface area contributed by atoms with E-state index in [-0.39, 0.29) is 27.7 Å². The highest BCUT2D eigenvalue weighted by atomic mass is 19.4. The minimum absolute atomic E-state index is 0.124. The molecule has 9 nitrogen and oxygen atoms in total. The van der Waals surface area contributed by atoms with Crippen LogP contribution in [0.25, 0.3) is 27.6 Å². The number of nitrogens with one attached hydrogen (secondary N) is 1. The summed E-state index contributed by atoms with van der Waals surface area (Å²) in [5.41, 5.74) is 5.42. The van der Waals surface area contributed by atoms with Crippen LogP contribution in [0.5, 0.6) is 0 Å². The smallest absolute Gasteiger partial charge is 0.366 e. The van der Waals surface area contributed by atoms with Gasteiger partial charge in [-0.25, -0.2) is 19.0 Å². The van der Waals surface area contributed by atoms with Crippen molar-refractivity contribution in [3.63, 3.8) is 0 Å². The predicted octanol–water partition coefficient (Wildman–Crippen LogP) is 4.16. The molecule has 2 amide bonds. The van der Waals surface area contributed by atoms with Gasteiger partial charge >= 0.3 is 11.9 Å². The van der Waals surface area contributed by atoms with E-state index < -0.39 is 29.4 Å². The number of anilines is 1. The highest BCUT2D eigenvalue weighted by Gasteiger charge is 2.34. The van der Waals surface area contributed by atoms with Gasteiger partial charge in [0.2, 0.25) is 5.91 Å². The van der Waals surface area contributed by atoms with Gasteiger partial charge in [0, 0.05) is 23.7 Å². The zero-order valence-electron chi connectivity index (χ0n) is 20.2. The Hall–Kier alpha value is -5.26. The van der Waals surface area contributed by atoms with Gasteiger partial charge in [-0.05, 0) is 59.0 Å². The molecule has 0 unspecified atom stereocenters. The van der Waals surface area contributed by atoms with Crippen LogP contribution in [0.2, 0.25) is 0 Å². The van der Waals surface area contributed by atoms with Crippen molar-refractivity contribution in [2.45, 2.75) is 6.18 Å². The van der Waals surface area contributed by atoms with Crippen molar-refractivity contribution in [1.29, 1.82) is 0 Å². The van der Waals surface area contributed by atoms with E-state index in [1.54, 1.807) is 30.3 Å². The van der Waals surface area contributed by atoms with Gasteiger partial charge in [0.05, 0.1) is 5.69 Å². The fourth-order valence-electron chi connectivity index (χ4n) is 4.07. The summed E-state index contributed by atoms with van der Waals surface area (Å²) >= 11 is 0. The van der Waals surface area contributed by atoms with Crippen molar-refractivity contribution in [3.05, 3.63) is 107 Å². The van der Waals surface area contributed by atoms with Crippen molar-refractivity contribution in [3.8, 4) is 16.8 Å². The molecular formula is C27H19F3N6O3. The number of rotatable bonds is 5. The molecular weight excluding hydrogens is 513 g/mol. The number of aromatic nitrogens is 4. The standard InChI is InChI=1S/C27H19F3N6O3/c1-35-26(39)36(14-32-35)20-8-5-15(6-9-20)16-7-10-21-18(11-16)13-22(27(28,29)30)34-23(21)25(38)33-19-4-2-3-17(12-19)24(31)37/h2-14H,1H3,(H2,31,37)(H,33,38). The number of halogens is 3. The van der Waals surface area contributed by atoms with Crippen molar-refractivity contribution >= 4 is 28.3 Å². The lowest BCUT2D eigenvalue weighted by atomic mass is 9.99. The molecule has 5 rings (SSSR count). The fraction of sp³-hybridized carbons (Fsp3) is 0.0741. The van der Waals surface area contributed by atoms with Crippen LogP contribution >= 0.6 is 0 Å². The maximum atomic E-state index is 13.7. The predicted molar refractivity (Wildman–Crippen MR) is 137 cm³/mol. The number of fused-ring (bicyclic) bond motifs is 1. The molecule has 3 N–H and O–H groups in total. The summed E-state index contributed by atoms with van der Waals surface area (Å²) in [4.78, 5) is 40.3. The molecule has 0 aliphatic heterocycles. The zero-order chi connectivity index (χ0) is 27.9. The molecule has 0 aliphatic rings. The van der Waals surface area contributed by atoms with E-state index in [1.165, 1.54) is 59.0 Å². The van der Waals surface area contributed by atoms with Crippen molar-refractivity contribution < 1.29 is 22.8 Å². The summed E-state index contributed by atoms with van der Waals surface area (Å²) in [6.45, 7) is 0. The Morgan fingerprint density at radius 2 is 1.67 bits per heavy atom. The van der Waals surface area contributed by atoms with Gasteiger partial charge in [-0.15, -0.1) is 0 Å². The molecule has 0 spiro atoms. The molecule has 0 saturated carbocycles. The summed E-state index contributed by atoms with van der Waals surface area (Å²) in [5, 5.41) is 6.75. The molecule has 0 aliphatic carbocycles. The first-order valence-electron chi connectivity index (χ1n) is 11.5. The average molecular weight is 532 g/mol. The van der Waals surface area contributed by atoms with Gasteiger partial charge in [-0.3, -0.25) is 9.59 Å². The Kier molecular flexibility index (Phi) is 6.22. The maximum Gasteiger partial charge on any atom is 0.433 e. The molecule has 0 radical (unpaired) electrons. The molecule has 3 aromatic carbocycles. The van der Waals surface area contributed by atoms with Crippen LogP contribution in [-0.4, -0.2) is 31.1 Å². The summed E-state index contributed by atoms with van der Waals surface area (Å²) in [6, 6.07) is 18.1.